The second-order valence-electron chi connectivity index (χ2n) is 4.47. The van der Waals surface area contributed by atoms with E-state index in [0.29, 0.717) is 5.75 Å². The van der Waals surface area contributed by atoms with Gasteiger partial charge < -0.3 is 5.11 Å². The summed E-state index contributed by atoms with van der Waals surface area (Å²) in [6.45, 7) is 3.59. The van der Waals surface area contributed by atoms with Gasteiger partial charge >= 0.3 is 0 Å². The van der Waals surface area contributed by atoms with Gasteiger partial charge in [0.2, 0.25) is 0 Å². The zero-order valence-electron chi connectivity index (χ0n) is 11.4. The third-order valence-corrected chi connectivity index (χ3v) is 3.01. The molecule has 0 saturated heterocycles. The summed E-state index contributed by atoms with van der Waals surface area (Å²) in [6.07, 6.45) is 2.50. The molecule has 3 aromatic carbocycles. The van der Waals surface area contributed by atoms with Crippen LogP contribution in [0.15, 0.2) is 85.5 Å². The molecule has 100 valence electrons. The third-order valence-electron chi connectivity index (χ3n) is 3.01. The molecule has 0 saturated carbocycles. The van der Waals surface area contributed by atoms with E-state index in [4.69, 9.17) is 0 Å². The molecule has 0 aliphatic carbocycles. The Morgan fingerprint density at radius 3 is 1.65 bits per heavy atom. The van der Waals surface area contributed by atoms with E-state index < -0.39 is 0 Å². The second kappa shape index (κ2) is 7.15. The van der Waals surface area contributed by atoms with Crippen LogP contribution in [0.5, 0.6) is 5.75 Å². The summed E-state index contributed by atoms with van der Waals surface area (Å²) < 4.78 is 0. The van der Waals surface area contributed by atoms with Gasteiger partial charge in [-0.25, -0.2) is 0 Å². The second-order valence-corrected chi connectivity index (χ2v) is 4.47. The van der Waals surface area contributed by atoms with Crippen molar-refractivity contribution in [3.8, 4) is 5.75 Å². The largest absolute Gasteiger partial charge is 0.508 e. The molecule has 20 heavy (non-hydrogen) atoms. The lowest BCUT2D eigenvalue weighted by Crippen LogP contribution is -1.79. The van der Waals surface area contributed by atoms with E-state index in [9.17, 15) is 5.11 Å². The summed E-state index contributed by atoms with van der Waals surface area (Å²) in [6, 6.07) is 24.0. The van der Waals surface area contributed by atoms with E-state index in [1.54, 1.807) is 12.1 Å². The van der Waals surface area contributed by atoms with Gasteiger partial charge in [0.15, 0.2) is 0 Å². The Morgan fingerprint density at radius 2 is 1.20 bits per heavy atom. The third kappa shape index (κ3) is 3.72. The minimum absolute atomic E-state index is 0.349. The van der Waals surface area contributed by atoms with Gasteiger partial charge in [-0.3, -0.25) is 0 Å². The summed E-state index contributed by atoms with van der Waals surface area (Å²) in [7, 11) is 0. The number of allylic oxidation sites excluding steroid dienone is 1. The standard InChI is InChI=1S/C10H8.C9H10O/c1-2-6-10-8-4-3-7-9(10)5-1;1-2-5-8-6-3-4-7-9(8)10/h1-8H;2-4,6-7,10H,1,5H2. The fourth-order valence-corrected chi connectivity index (χ4v) is 1.97. The number of para-hydroxylation sites is 1. The van der Waals surface area contributed by atoms with Crippen molar-refractivity contribution < 1.29 is 5.11 Å². The molecule has 3 rings (SSSR count). The fraction of sp³-hybridized carbons (Fsp3) is 0.0526. The number of rotatable bonds is 2. The number of aromatic hydroxyl groups is 1. The lowest BCUT2D eigenvalue weighted by molar-refractivity contribution is 0.470. The van der Waals surface area contributed by atoms with Crippen LogP contribution in [0.25, 0.3) is 10.8 Å². The lowest BCUT2D eigenvalue weighted by Gasteiger charge is -1.97. The molecular weight excluding hydrogens is 244 g/mol. The number of phenols is 1. The smallest absolute Gasteiger partial charge is 0.119 e. The number of fused-ring (bicyclic) bond motifs is 1. The Kier molecular flexibility index (Phi) is 4.96. The van der Waals surface area contributed by atoms with Crippen molar-refractivity contribution in [3.05, 3.63) is 91.0 Å². The van der Waals surface area contributed by atoms with Crippen LogP contribution < -0.4 is 0 Å². The van der Waals surface area contributed by atoms with Crippen LogP contribution in [0.3, 0.4) is 0 Å². The van der Waals surface area contributed by atoms with E-state index in [-0.39, 0.29) is 0 Å². The molecule has 0 bridgehead atoms. The topological polar surface area (TPSA) is 20.2 Å². The van der Waals surface area contributed by atoms with Crippen molar-refractivity contribution in [1.82, 2.24) is 0 Å². The highest BCUT2D eigenvalue weighted by molar-refractivity contribution is 5.81. The minimum Gasteiger partial charge on any atom is -0.508 e. The van der Waals surface area contributed by atoms with Crippen molar-refractivity contribution in [2.75, 3.05) is 0 Å². The number of phenolic OH excluding ortho intramolecular Hbond substituents is 1. The first-order chi connectivity index (χ1) is 9.81. The van der Waals surface area contributed by atoms with Crippen molar-refractivity contribution in [2.24, 2.45) is 0 Å². The van der Waals surface area contributed by atoms with Crippen molar-refractivity contribution >= 4 is 10.8 Å². The van der Waals surface area contributed by atoms with Crippen LogP contribution in [-0.4, -0.2) is 5.11 Å². The quantitative estimate of drug-likeness (QED) is 0.647. The minimum atomic E-state index is 0.349. The predicted molar refractivity (Wildman–Crippen MR) is 86.0 cm³/mol. The van der Waals surface area contributed by atoms with Crippen molar-refractivity contribution in [3.63, 3.8) is 0 Å². The highest BCUT2D eigenvalue weighted by atomic mass is 16.3. The Balaban J connectivity index is 0.000000147. The molecular formula is C19H18O. The van der Waals surface area contributed by atoms with Crippen LogP contribution in [0, 0.1) is 0 Å². The normalized spacial score (nSPS) is 9.60. The maximum Gasteiger partial charge on any atom is 0.119 e. The van der Waals surface area contributed by atoms with Crippen molar-refractivity contribution in [2.45, 2.75) is 6.42 Å². The zero-order valence-corrected chi connectivity index (χ0v) is 11.4. The monoisotopic (exact) mass is 262 g/mol. The van der Waals surface area contributed by atoms with Crippen LogP contribution in [0.1, 0.15) is 5.56 Å². The lowest BCUT2D eigenvalue weighted by atomic mass is 10.1. The summed E-state index contributed by atoms with van der Waals surface area (Å²) >= 11 is 0. The first-order valence-electron chi connectivity index (χ1n) is 6.63. The molecule has 0 aliphatic rings. The number of benzene rings is 3. The average Bonchev–Trinajstić information content (AvgIpc) is 2.51. The molecule has 0 aliphatic heterocycles. The first-order valence-corrected chi connectivity index (χ1v) is 6.63. The molecule has 0 spiro atoms. The van der Waals surface area contributed by atoms with Crippen LogP contribution in [-0.2, 0) is 6.42 Å². The summed E-state index contributed by atoms with van der Waals surface area (Å²) in [5.74, 6) is 0.349. The van der Waals surface area contributed by atoms with Crippen LogP contribution in [0.2, 0.25) is 0 Å². The van der Waals surface area contributed by atoms with Crippen molar-refractivity contribution in [1.29, 1.82) is 0 Å². The van der Waals surface area contributed by atoms with Gasteiger partial charge in [0.1, 0.15) is 5.75 Å². The van der Waals surface area contributed by atoms with E-state index in [2.05, 4.69) is 55.1 Å². The first kappa shape index (κ1) is 13.9. The molecule has 0 heterocycles. The Morgan fingerprint density at radius 1 is 0.750 bits per heavy atom. The van der Waals surface area contributed by atoms with E-state index in [0.717, 1.165) is 12.0 Å². The highest BCUT2D eigenvalue weighted by Crippen LogP contribution is 2.15. The zero-order chi connectivity index (χ0) is 14.2. The van der Waals surface area contributed by atoms with E-state index >= 15 is 0 Å². The Hall–Kier alpha value is -2.54. The molecule has 0 fully saturated rings. The molecule has 3 aromatic rings. The maximum absolute atomic E-state index is 9.19. The predicted octanol–water partition coefficient (Wildman–Crippen LogP) is 4.96. The van der Waals surface area contributed by atoms with E-state index in [1.165, 1.54) is 10.8 Å². The summed E-state index contributed by atoms with van der Waals surface area (Å²) in [5, 5.41) is 11.8. The van der Waals surface area contributed by atoms with Gasteiger partial charge in [-0.2, -0.15) is 0 Å². The number of hydrogen-bond donors (Lipinski definition) is 1. The van der Waals surface area contributed by atoms with E-state index in [1.807, 2.05) is 18.2 Å². The molecule has 0 atom stereocenters. The van der Waals surface area contributed by atoms with Gasteiger partial charge in [0.25, 0.3) is 0 Å². The van der Waals surface area contributed by atoms with Gasteiger partial charge in [0, 0.05) is 0 Å². The maximum atomic E-state index is 9.19. The van der Waals surface area contributed by atoms with Crippen LogP contribution >= 0.6 is 0 Å². The molecule has 1 heteroatoms. The Bertz CT molecular complexity index is 620. The molecule has 1 N–H and O–H groups in total. The fourth-order valence-electron chi connectivity index (χ4n) is 1.97. The van der Waals surface area contributed by atoms with Gasteiger partial charge in [-0.05, 0) is 28.8 Å². The van der Waals surface area contributed by atoms with Gasteiger partial charge in [0.05, 0.1) is 0 Å². The SMILES string of the molecule is C=CCc1ccccc1O.c1ccc2ccccc2c1. The summed E-state index contributed by atoms with van der Waals surface area (Å²) in [5.41, 5.74) is 0.928. The number of hydrogen-bond acceptors (Lipinski definition) is 1. The molecule has 1 nitrogen and oxygen atoms in total. The van der Waals surface area contributed by atoms with Gasteiger partial charge in [-0.1, -0.05) is 72.8 Å². The van der Waals surface area contributed by atoms with Gasteiger partial charge in [-0.15, -0.1) is 6.58 Å². The average molecular weight is 262 g/mol. The molecule has 0 aromatic heterocycles. The summed E-state index contributed by atoms with van der Waals surface area (Å²) in [4.78, 5) is 0. The molecule has 0 amide bonds. The molecule has 0 radical (unpaired) electrons. The highest BCUT2D eigenvalue weighted by Gasteiger charge is 1.93. The Labute approximate surface area is 119 Å². The molecule has 0 unspecified atom stereocenters. The van der Waals surface area contributed by atoms with Crippen LogP contribution in [0.4, 0.5) is 0 Å².